The van der Waals surface area contributed by atoms with Crippen molar-refractivity contribution < 1.29 is 35.9 Å². The molecule has 0 heterocycles. The number of carbonyl (C=O) groups excluding carboxylic acids is 1. The fourth-order valence-electron chi connectivity index (χ4n) is 1.96. The summed E-state index contributed by atoms with van der Waals surface area (Å²) in [5.41, 5.74) is -0.0615. The maximum atomic E-state index is 12.5. The normalized spacial score (nSPS) is 11.7. The molecule has 0 unspecified atom stereocenters. The second-order valence-corrected chi connectivity index (χ2v) is 7.29. The van der Waals surface area contributed by atoms with Gasteiger partial charge in [0.2, 0.25) is 0 Å². The Hall–Kier alpha value is -2.27. The van der Waals surface area contributed by atoms with Gasteiger partial charge >= 0.3 is 12.3 Å². The molecule has 0 aliphatic rings. The molecule has 26 heavy (non-hydrogen) atoms. The number of methoxy groups -OCH3 is 1. The Bertz CT molecular complexity index is 931. The molecule has 2 rings (SSSR count). The molecule has 0 bridgehead atoms. The Morgan fingerprint density at radius 3 is 2.38 bits per heavy atom. The summed E-state index contributed by atoms with van der Waals surface area (Å²) in [6.45, 7) is 0. The summed E-state index contributed by atoms with van der Waals surface area (Å²) >= 11 is 2.91. The van der Waals surface area contributed by atoms with E-state index in [2.05, 4.69) is 30.1 Å². The van der Waals surface area contributed by atoms with Gasteiger partial charge in [0.05, 0.1) is 18.4 Å². The lowest BCUT2D eigenvalue weighted by Gasteiger charge is -2.14. The van der Waals surface area contributed by atoms with E-state index >= 15 is 0 Å². The molecule has 0 fully saturated rings. The number of para-hydroxylation sites is 1. The molecule has 6 nitrogen and oxygen atoms in total. The van der Waals surface area contributed by atoms with E-state index in [0.717, 1.165) is 25.3 Å². The highest BCUT2D eigenvalue weighted by atomic mass is 79.9. The molecule has 0 aliphatic heterocycles. The minimum atomic E-state index is -4.91. The minimum absolute atomic E-state index is 0.0216. The van der Waals surface area contributed by atoms with Crippen LogP contribution in [0, 0.1) is 0 Å². The molecular weight excluding hydrogens is 443 g/mol. The van der Waals surface area contributed by atoms with Crippen LogP contribution in [0.3, 0.4) is 0 Å². The molecule has 0 saturated heterocycles. The first-order valence-corrected chi connectivity index (χ1v) is 9.06. The van der Waals surface area contributed by atoms with Crippen molar-refractivity contribution in [3.63, 3.8) is 0 Å². The molecule has 0 spiro atoms. The van der Waals surface area contributed by atoms with Crippen molar-refractivity contribution in [1.82, 2.24) is 0 Å². The Kier molecular flexibility index (Phi) is 5.81. The van der Waals surface area contributed by atoms with Gasteiger partial charge in [-0.2, -0.15) is 0 Å². The number of hydrogen-bond donors (Lipinski definition) is 1. The first kappa shape index (κ1) is 20.0. The van der Waals surface area contributed by atoms with E-state index in [4.69, 9.17) is 0 Å². The van der Waals surface area contributed by atoms with E-state index in [9.17, 15) is 26.4 Å². The molecule has 0 aliphatic carbocycles. The van der Waals surface area contributed by atoms with E-state index in [-0.39, 0.29) is 20.6 Å². The molecule has 2 aromatic rings. The largest absolute Gasteiger partial charge is 0.573 e. The number of nitrogens with one attached hydrogen (secondary N) is 1. The van der Waals surface area contributed by atoms with Gasteiger partial charge in [-0.3, -0.25) is 4.72 Å². The highest BCUT2D eigenvalue weighted by Gasteiger charge is 2.31. The first-order chi connectivity index (χ1) is 12.0. The second-order valence-electron chi connectivity index (χ2n) is 4.78. The van der Waals surface area contributed by atoms with Crippen molar-refractivity contribution in [2.45, 2.75) is 11.3 Å². The quantitative estimate of drug-likeness (QED) is 0.693. The van der Waals surface area contributed by atoms with Crippen LogP contribution in [0.15, 0.2) is 51.8 Å². The van der Waals surface area contributed by atoms with Crippen LogP contribution in [0.2, 0.25) is 0 Å². The number of rotatable bonds is 5. The molecule has 1 N–H and O–H groups in total. The molecule has 0 radical (unpaired) electrons. The van der Waals surface area contributed by atoms with Crippen molar-refractivity contribution in [2.24, 2.45) is 0 Å². The maximum Gasteiger partial charge on any atom is 0.573 e. The number of esters is 1. The average Bonchev–Trinajstić information content (AvgIpc) is 2.52. The van der Waals surface area contributed by atoms with E-state index in [0.29, 0.717) is 0 Å². The molecule has 11 heteroatoms. The molecule has 0 amide bonds. The molecule has 0 saturated carbocycles. The molecule has 2 aromatic carbocycles. The van der Waals surface area contributed by atoms with Crippen LogP contribution in [0.5, 0.6) is 5.75 Å². The number of sulfonamides is 1. The van der Waals surface area contributed by atoms with Crippen LogP contribution < -0.4 is 9.46 Å². The summed E-state index contributed by atoms with van der Waals surface area (Å²) in [7, 11) is -3.07. The third-order valence-electron chi connectivity index (χ3n) is 3.00. The highest BCUT2D eigenvalue weighted by Crippen LogP contribution is 2.31. The third-order valence-corrected chi connectivity index (χ3v) is 5.35. The Labute approximate surface area is 155 Å². The van der Waals surface area contributed by atoms with Crippen molar-refractivity contribution in [2.75, 3.05) is 11.8 Å². The van der Waals surface area contributed by atoms with Crippen molar-refractivity contribution in [1.29, 1.82) is 0 Å². The van der Waals surface area contributed by atoms with Crippen LogP contribution in [0.4, 0.5) is 18.9 Å². The molecule has 0 atom stereocenters. The van der Waals surface area contributed by atoms with Crippen LogP contribution in [-0.2, 0) is 14.8 Å². The minimum Gasteiger partial charge on any atom is -0.465 e. The summed E-state index contributed by atoms with van der Waals surface area (Å²) in [6, 6.07) is 8.39. The van der Waals surface area contributed by atoms with Crippen molar-refractivity contribution in [3.05, 3.63) is 52.5 Å². The molecule has 0 aromatic heterocycles. The highest BCUT2D eigenvalue weighted by molar-refractivity contribution is 9.10. The van der Waals surface area contributed by atoms with Gasteiger partial charge in [-0.05, 0) is 46.3 Å². The van der Waals surface area contributed by atoms with Crippen LogP contribution in [-0.4, -0.2) is 27.9 Å². The summed E-state index contributed by atoms with van der Waals surface area (Å²) < 4.78 is 72.1. The number of alkyl halides is 3. The lowest BCUT2D eigenvalue weighted by atomic mass is 10.2. The Balaban J connectivity index is 2.36. The van der Waals surface area contributed by atoms with E-state index in [1.54, 1.807) is 0 Å². The summed E-state index contributed by atoms with van der Waals surface area (Å²) in [6.07, 6.45) is -4.91. The average molecular weight is 454 g/mol. The van der Waals surface area contributed by atoms with Gasteiger partial charge in [0, 0.05) is 4.47 Å². The smallest absolute Gasteiger partial charge is 0.465 e. The lowest BCUT2D eigenvalue weighted by molar-refractivity contribution is -0.274. The molecular formula is C15H11BrF3NO5S. The zero-order chi connectivity index (χ0) is 19.5. The predicted molar refractivity (Wildman–Crippen MR) is 89.4 cm³/mol. The number of carbonyl (C=O) groups is 1. The number of halogens is 4. The zero-order valence-corrected chi connectivity index (χ0v) is 15.4. The van der Waals surface area contributed by atoms with E-state index in [1.165, 1.54) is 24.3 Å². The summed E-state index contributed by atoms with van der Waals surface area (Å²) in [5, 5.41) is 0. The summed E-state index contributed by atoms with van der Waals surface area (Å²) in [4.78, 5) is 11.4. The van der Waals surface area contributed by atoms with Gasteiger partial charge < -0.3 is 9.47 Å². The lowest BCUT2D eigenvalue weighted by Crippen LogP contribution is -2.18. The predicted octanol–water partition coefficient (Wildman–Crippen LogP) is 3.94. The fourth-order valence-corrected chi connectivity index (χ4v) is 4.09. The van der Waals surface area contributed by atoms with Gasteiger partial charge in [-0.15, -0.1) is 13.2 Å². The SMILES string of the molecule is COC(=O)c1ccccc1NS(=O)(=O)c1ccc(OC(F)(F)F)cc1Br. The van der Waals surface area contributed by atoms with Gasteiger partial charge in [0.1, 0.15) is 10.6 Å². The second kappa shape index (κ2) is 7.54. The van der Waals surface area contributed by atoms with Crippen molar-refractivity contribution >= 4 is 37.6 Å². The van der Waals surface area contributed by atoms with Gasteiger partial charge in [-0.1, -0.05) is 12.1 Å². The van der Waals surface area contributed by atoms with Gasteiger partial charge in [0.15, 0.2) is 0 Å². The number of ether oxygens (including phenoxy) is 2. The van der Waals surface area contributed by atoms with E-state index in [1.807, 2.05) is 0 Å². The number of hydrogen-bond acceptors (Lipinski definition) is 5. The van der Waals surface area contributed by atoms with Crippen LogP contribution in [0.25, 0.3) is 0 Å². The Morgan fingerprint density at radius 2 is 1.81 bits per heavy atom. The van der Waals surface area contributed by atoms with Crippen LogP contribution in [0.1, 0.15) is 10.4 Å². The third kappa shape index (κ3) is 4.88. The first-order valence-electron chi connectivity index (χ1n) is 6.79. The topological polar surface area (TPSA) is 81.7 Å². The number of benzene rings is 2. The van der Waals surface area contributed by atoms with Gasteiger partial charge in [-0.25, -0.2) is 13.2 Å². The number of anilines is 1. The zero-order valence-electron chi connectivity index (χ0n) is 13.0. The monoisotopic (exact) mass is 453 g/mol. The fraction of sp³-hybridized carbons (Fsp3) is 0.133. The molecule has 140 valence electrons. The van der Waals surface area contributed by atoms with Gasteiger partial charge in [0.25, 0.3) is 10.0 Å². The van der Waals surface area contributed by atoms with Crippen molar-refractivity contribution in [3.8, 4) is 5.75 Å². The Morgan fingerprint density at radius 1 is 1.15 bits per heavy atom. The summed E-state index contributed by atoms with van der Waals surface area (Å²) in [5.74, 6) is -1.34. The van der Waals surface area contributed by atoms with E-state index < -0.39 is 28.1 Å². The maximum absolute atomic E-state index is 12.5. The standard InChI is InChI=1S/C15H11BrF3NO5S/c1-24-14(21)10-4-2-3-5-12(10)20-26(22,23)13-7-6-9(8-11(13)16)25-15(17,18)19/h2-8,20H,1H3. The van der Waals surface area contributed by atoms with Crippen LogP contribution >= 0.6 is 15.9 Å².